The molecule has 260 valence electrons. The lowest BCUT2D eigenvalue weighted by molar-refractivity contribution is -0.128. The van der Waals surface area contributed by atoms with Gasteiger partial charge in [0.1, 0.15) is 0 Å². The van der Waals surface area contributed by atoms with E-state index in [1.165, 1.54) is 47.1 Å². The third-order valence-corrected chi connectivity index (χ3v) is 10.9. The van der Waals surface area contributed by atoms with Gasteiger partial charge >= 0.3 is 0 Å². The van der Waals surface area contributed by atoms with E-state index in [0.717, 1.165) is 51.4 Å². The zero-order chi connectivity index (χ0) is 33.7. The molecular formula is C29H61N7O6S2. The van der Waals surface area contributed by atoms with Crippen molar-refractivity contribution < 1.29 is 26.4 Å². The second-order valence-corrected chi connectivity index (χ2v) is 17.1. The van der Waals surface area contributed by atoms with Crippen molar-refractivity contribution in [2.45, 2.75) is 78.8 Å². The Bertz CT molecular complexity index is 1010. The zero-order valence-corrected chi connectivity index (χ0v) is 29.8. The lowest BCUT2D eigenvalue weighted by Gasteiger charge is -2.11. The second-order valence-electron chi connectivity index (χ2n) is 13.2. The van der Waals surface area contributed by atoms with Crippen LogP contribution in [0.3, 0.4) is 0 Å². The molecule has 5 saturated heterocycles. The summed E-state index contributed by atoms with van der Waals surface area (Å²) in [6, 6.07) is 0.253. The van der Waals surface area contributed by atoms with Gasteiger partial charge in [0.15, 0.2) is 0 Å². The van der Waals surface area contributed by atoms with Gasteiger partial charge in [0.2, 0.25) is 31.9 Å². The molecule has 0 saturated carbocycles. The molecule has 5 aliphatic rings. The van der Waals surface area contributed by atoms with Gasteiger partial charge in [0, 0.05) is 78.3 Å². The Balaban J connectivity index is 0.000000277. The highest BCUT2D eigenvalue weighted by molar-refractivity contribution is 7.88. The number of nitrogens with two attached hydrogens (primary N) is 2. The minimum absolute atomic E-state index is 0.0368. The molecule has 5 rings (SSSR count). The van der Waals surface area contributed by atoms with Gasteiger partial charge in [-0.15, -0.1) is 0 Å². The predicted octanol–water partition coefficient (Wildman–Crippen LogP) is 0.323. The number of nitrogens with zero attached hydrogens (tertiary/aromatic N) is 4. The van der Waals surface area contributed by atoms with Crippen LogP contribution in [0.25, 0.3) is 0 Å². The number of nitrogens with one attached hydrogen (secondary N) is 1. The molecule has 5 atom stereocenters. The molecule has 15 heteroatoms. The normalized spacial score (nSPS) is 29.0. The van der Waals surface area contributed by atoms with Crippen LogP contribution in [0.15, 0.2) is 0 Å². The van der Waals surface area contributed by atoms with E-state index >= 15 is 0 Å². The summed E-state index contributed by atoms with van der Waals surface area (Å²) in [5, 5.41) is 3.27. The molecule has 5 aliphatic heterocycles. The maximum Gasteiger partial charge on any atom is 0.219 e. The van der Waals surface area contributed by atoms with Gasteiger partial charge in [-0.2, -0.15) is 0 Å². The van der Waals surface area contributed by atoms with Crippen molar-refractivity contribution in [3.05, 3.63) is 0 Å². The van der Waals surface area contributed by atoms with Crippen molar-refractivity contribution >= 4 is 31.9 Å². The summed E-state index contributed by atoms with van der Waals surface area (Å²) < 4.78 is 46.5. The van der Waals surface area contributed by atoms with Crippen molar-refractivity contribution in [1.82, 2.24) is 23.7 Å². The number of carbonyl (C=O) groups excluding carboxylic acids is 2. The third kappa shape index (κ3) is 16.8. The second kappa shape index (κ2) is 19.3. The van der Waals surface area contributed by atoms with E-state index in [0.29, 0.717) is 38.0 Å². The van der Waals surface area contributed by atoms with E-state index in [4.69, 9.17) is 11.5 Å². The van der Waals surface area contributed by atoms with E-state index in [1.807, 2.05) is 4.90 Å². The molecule has 5 fully saturated rings. The molecule has 5 N–H and O–H groups in total. The van der Waals surface area contributed by atoms with Crippen LogP contribution in [0.4, 0.5) is 0 Å². The smallest absolute Gasteiger partial charge is 0.219 e. The molecule has 0 bridgehead atoms. The van der Waals surface area contributed by atoms with Crippen molar-refractivity contribution in [1.29, 1.82) is 0 Å². The average Bonchev–Trinajstić information content (AvgIpc) is 3.72. The van der Waals surface area contributed by atoms with Crippen molar-refractivity contribution in [3.63, 3.8) is 0 Å². The summed E-state index contributed by atoms with van der Waals surface area (Å²) in [7, 11) is -5.88. The van der Waals surface area contributed by atoms with E-state index in [-0.39, 0.29) is 23.9 Å². The fraction of sp³-hybridized carbons (Fsp3) is 0.931. The highest BCUT2D eigenvalue weighted by atomic mass is 32.2. The first kappa shape index (κ1) is 40.7. The molecule has 0 unspecified atom stereocenters. The largest absolute Gasteiger partial charge is 0.343 e. The minimum Gasteiger partial charge on any atom is -0.343 e. The van der Waals surface area contributed by atoms with E-state index in [2.05, 4.69) is 26.1 Å². The van der Waals surface area contributed by atoms with Crippen LogP contribution in [0.5, 0.6) is 0 Å². The molecule has 0 spiro atoms. The zero-order valence-electron chi connectivity index (χ0n) is 28.2. The van der Waals surface area contributed by atoms with Crippen molar-refractivity contribution in [2.24, 2.45) is 29.2 Å². The van der Waals surface area contributed by atoms with Crippen LogP contribution in [0, 0.1) is 17.8 Å². The number of hydrogen-bond acceptors (Lipinski definition) is 9. The number of amides is 2. The van der Waals surface area contributed by atoms with Gasteiger partial charge in [-0.3, -0.25) is 9.59 Å². The Labute approximate surface area is 267 Å². The van der Waals surface area contributed by atoms with Crippen LogP contribution in [-0.2, 0) is 29.6 Å². The van der Waals surface area contributed by atoms with Gasteiger partial charge < -0.3 is 26.6 Å². The first-order valence-corrected chi connectivity index (χ1v) is 19.6. The number of likely N-dealkylation sites (tertiary alicyclic amines) is 2. The molecule has 2 amide bonds. The van der Waals surface area contributed by atoms with Crippen LogP contribution in [0.2, 0.25) is 0 Å². The molecule has 0 aliphatic carbocycles. The van der Waals surface area contributed by atoms with Crippen LogP contribution >= 0.6 is 0 Å². The van der Waals surface area contributed by atoms with Gasteiger partial charge in [-0.25, -0.2) is 25.4 Å². The van der Waals surface area contributed by atoms with Crippen LogP contribution in [-0.4, -0.2) is 137 Å². The summed E-state index contributed by atoms with van der Waals surface area (Å²) in [5.41, 5.74) is 11.1. The standard InChI is InChI=1S/C7H13NO.C6H12N2O.C6H13NO2S.C5H12N2O2S.C5H11N/c1-6-3-4-8(5-6)7(2)9;1-5(9)8-3-2-6(7)4-8;1-6-3-4-7(5-6)10(2,8)9;1-10(8,9)7-3-2-5(6)4-7;1-5-2-3-6-4-5/h6H,3-5H2,1-2H3;6H,2-4,7H2,1H3;6H,3-5H2,1-2H3;5H,2-4,6H2,1H3;5-6H,2-4H2,1H3/t3*6-;2*5-/m00000/s1. The summed E-state index contributed by atoms with van der Waals surface area (Å²) in [4.78, 5) is 25.1. The monoisotopic (exact) mass is 667 g/mol. The lowest BCUT2D eigenvalue weighted by Crippen LogP contribution is -2.30. The molecule has 0 aromatic carbocycles. The Kier molecular flexibility index (Phi) is 17.9. The Hall–Kier alpha value is -1.36. The lowest BCUT2D eigenvalue weighted by atomic mass is 10.2. The predicted molar refractivity (Wildman–Crippen MR) is 177 cm³/mol. The minimum atomic E-state index is -2.98. The summed E-state index contributed by atoms with van der Waals surface area (Å²) in [6.07, 6.45) is 7.79. The molecule has 44 heavy (non-hydrogen) atoms. The molecule has 0 radical (unpaired) electrons. The molecule has 13 nitrogen and oxygen atoms in total. The van der Waals surface area contributed by atoms with Gasteiger partial charge in [-0.05, 0) is 62.9 Å². The van der Waals surface area contributed by atoms with E-state index in [9.17, 15) is 26.4 Å². The molecule has 5 heterocycles. The van der Waals surface area contributed by atoms with Crippen molar-refractivity contribution in [2.75, 3.05) is 78.0 Å². The fourth-order valence-corrected chi connectivity index (χ4v) is 7.21. The topological polar surface area (TPSA) is 179 Å². The maximum atomic E-state index is 10.9. The van der Waals surface area contributed by atoms with E-state index < -0.39 is 20.0 Å². The van der Waals surface area contributed by atoms with Gasteiger partial charge in [0.25, 0.3) is 0 Å². The first-order valence-electron chi connectivity index (χ1n) is 15.9. The van der Waals surface area contributed by atoms with Crippen LogP contribution in [0.1, 0.15) is 66.7 Å². The van der Waals surface area contributed by atoms with Crippen molar-refractivity contribution in [3.8, 4) is 0 Å². The summed E-state index contributed by atoms with van der Waals surface area (Å²) >= 11 is 0. The fourth-order valence-electron chi connectivity index (χ4n) is 5.34. The summed E-state index contributed by atoms with van der Waals surface area (Å²) in [6.45, 7) is 18.2. The highest BCUT2D eigenvalue weighted by Gasteiger charge is 2.26. The third-order valence-electron chi connectivity index (χ3n) is 8.36. The number of hydrogen-bond donors (Lipinski definition) is 3. The highest BCUT2D eigenvalue weighted by Crippen LogP contribution is 2.17. The summed E-state index contributed by atoms with van der Waals surface area (Å²) in [5.74, 6) is 2.55. The average molecular weight is 668 g/mol. The Morgan fingerprint density at radius 2 is 1.05 bits per heavy atom. The number of sulfonamides is 2. The maximum absolute atomic E-state index is 10.9. The number of carbonyl (C=O) groups is 2. The first-order chi connectivity index (χ1) is 20.3. The van der Waals surface area contributed by atoms with Gasteiger partial charge in [-0.1, -0.05) is 20.8 Å². The molecule has 0 aromatic heterocycles. The van der Waals surface area contributed by atoms with E-state index in [1.54, 1.807) is 18.7 Å². The SMILES string of the molecule is CC(=O)N1CC[C@H](C)C1.CC(=O)N1CC[C@H](N)C1.CS(=O)(=O)N1CC[C@H](N)C1.C[C@H]1CCN(S(C)(=O)=O)C1.C[C@H]1CCNC1. The molecular weight excluding hydrogens is 606 g/mol. The Morgan fingerprint density at radius 1 is 0.614 bits per heavy atom. The molecule has 0 aromatic rings. The quantitative estimate of drug-likeness (QED) is 0.374. The van der Waals surface area contributed by atoms with Crippen LogP contribution < -0.4 is 16.8 Å². The van der Waals surface area contributed by atoms with Gasteiger partial charge in [0.05, 0.1) is 12.5 Å². The number of rotatable bonds is 2. The Morgan fingerprint density at radius 3 is 1.25 bits per heavy atom.